The van der Waals surface area contributed by atoms with Crippen LogP contribution in [0.15, 0.2) is 70.6 Å². The van der Waals surface area contributed by atoms with Crippen molar-refractivity contribution in [3.05, 3.63) is 77.5 Å². The van der Waals surface area contributed by atoms with Gasteiger partial charge in [0.15, 0.2) is 11.5 Å². The number of carbonyl (C=O) groups is 2. The van der Waals surface area contributed by atoms with Crippen LogP contribution in [0.4, 0.5) is 0 Å². The van der Waals surface area contributed by atoms with Crippen molar-refractivity contribution in [2.75, 3.05) is 39.4 Å². The van der Waals surface area contributed by atoms with E-state index in [1.807, 2.05) is 18.2 Å². The third-order valence-electron chi connectivity index (χ3n) is 5.96. The molecule has 2 aliphatic rings. The normalized spacial score (nSPS) is 19.8. The average Bonchev–Trinajstić information content (AvgIpc) is 3.38. The van der Waals surface area contributed by atoms with Gasteiger partial charge in [-0.05, 0) is 23.8 Å². The summed E-state index contributed by atoms with van der Waals surface area (Å²) in [5.41, 5.74) is 1.25. The number of amides is 1. The quantitative estimate of drug-likeness (QED) is 0.597. The zero-order valence-electron chi connectivity index (χ0n) is 17.4. The molecule has 1 fully saturated rings. The van der Waals surface area contributed by atoms with Crippen LogP contribution in [0.25, 0.3) is 11.0 Å². The average molecular weight is 433 g/mol. The summed E-state index contributed by atoms with van der Waals surface area (Å²) in [5, 5.41) is 11.6. The highest BCUT2D eigenvalue weighted by Crippen LogP contribution is 2.39. The molecule has 32 heavy (non-hydrogen) atoms. The third kappa shape index (κ3) is 3.68. The van der Waals surface area contributed by atoms with Gasteiger partial charge in [-0.1, -0.05) is 24.3 Å². The van der Waals surface area contributed by atoms with E-state index in [9.17, 15) is 14.7 Å². The molecule has 0 saturated carbocycles. The zero-order chi connectivity index (χ0) is 22.1. The Morgan fingerprint density at radius 1 is 1.12 bits per heavy atom. The van der Waals surface area contributed by atoms with Gasteiger partial charge in [-0.2, -0.15) is 0 Å². The van der Waals surface area contributed by atoms with Gasteiger partial charge in [-0.3, -0.25) is 19.5 Å². The lowest BCUT2D eigenvalue weighted by molar-refractivity contribution is -0.129. The summed E-state index contributed by atoms with van der Waals surface area (Å²) in [6.07, 6.45) is 3.24. The largest absolute Gasteiger partial charge is 0.503 e. The fourth-order valence-electron chi connectivity index (χ4n) is 4.30. The molecule has 1 atom stereocenters. The van der Waals surface area contributed by atoms with Gasteiger partial charge in [-0.15, -0.1) is 0 Å². The number of benzene rings is 1. The number of aromatic nitrogens is 1. The van der Waals surface area contributed by atoms with Crippen LogP contribution in [0.3, 0.4) is 0 Å². The number of aliphatic hydroxyl groups excluding tert-OH is 1. The van der Waals surface area contributed by atoms with Gasteiger partial charge in [-0.25, -0.2) is 0 Å². The number of hydrogen-bond donors (Lipinski definition) is 1. The van der Waals surface area contributed by atoms with E-state index in [1.54, 1.807) is 36.7 Å². The molecule has 164 valence electrons. The molecule has 0 unspecified atom stereocenters. The van der Waals surface area contributed by atoms with Crippen molar-refractivity contribution < 1.29 is 23.8 Å². The molecule has 0 aliphatic carbocycles. The minimum atomic E-state index is -0.738. The molecule has 1 aromatic carbocycles. The number of nitrogens with zero attached hydrogens (tertiary/aromatic N) is 3. The maximum atomic E-state index is 13.5. The summed E-state index contributed by atoms with van der Waals surface area (Å²) in [4.78, 5) is 34.4. The van der Waals surface area contributed by atoms with Gasteiger partial charge >= 0.3 is 0 Å². The topological polar surface area (TPSA) is 96.1 Å². The lowest BCUT2D eigenvalue weighted by Gasteiger charge is -2.31. The Morgan fingerprint density at radius 3 is 2.69 bits per heavy atom. The van der Waals surface area contributed by atoms with Gasteiger partial charge in [0.2, 0.25) is 5.78 Å². The van der Waals surface area contributed by atoms with E-state index in [0.717, 1.165) is 18.5 Å². The van der Waals surface area contributed by atoms with Crippen LogP contribution < -0.4 is 0 Å². The number of furan rings is 1. The predicted molar refractivity (Wildman–Crippen MR) is 116 cm³/mol. The van der Waals surface area contributed by atoms with E-state index < -0.39 is 23.5 Å². The Morgan fingerprint density at radius 2 is 1.94 bits per heavy atom. The first-order chi connectivity index (χ1) is 15.6. The summed E-state index contributed by atoms with van der Waals surface area (Å²) in [6, 6.07) is 11.7. The van der Waals surface area contributed by atoms with Crippen molar-refractivity contribution >= 4 is 22.7 Å². The van der Waals surface area contributed by atoms with E-state index in [2.05, 4.69) is 9.88 Å². The first-order valence-corrected chi connectivity index (χ1v) is 10.6. The molecule has 0 radical (unpaired) electrons. The highest BCUT2D eigenvalue weighted by Gasteiger charge is 2.44. The van der Waals surface area contributed by atoms with E-state index >= 15 is 0 Å². The zero-order valence-corrected chi connectivity index (χ0v) is 17.4. The van der Waals surface area contributed by atoms with Gasteiger partial charge in [0.05, 0.1) is 24.8 Å². The smallest absolute Gasteiger partial charge is 0.290 e. The predicted octanol–water partition coefficient (Wildman–Crippen LogP) is 2.74. The maximum absolute atomic E-state index is 13.5. The molecule has 1 N–H and O–H groups in total. The lowest BCUT2D eigenvalue weighted by atomic mass is 9.96. The fourth-order valence-corrected chi connectivity index (χ4v) is 4.30. The van der Waals surface area contributed by atoms with Crippen molar-refractivity contribution in [3.8, 4) is 0 Å². The lowest BCUT2D eigenvalue weighted by Crippen LogP contribution is -2.43. The number of ketones is 1. The number of carbonyl (C=O) groups excluding carboxylic acids is 2. The van der Waals surface area contributed by atoms with Crippen molar-refractivity contribution in [2.45, 2.75) is 6.04 Å². The van der Waals surface area contributed by atoms with Crippen LogP contribution >= 0.6 is 0 Å². The number of rotatable bonds is 6. The number of fused-ring (bicyclic) bond motifs is 1. The number of aliphatic hydroxyl groups is 1. The SMILES string of the molecule is O=C(C1=C(O)C(=O)N(CCN2CCOCC2)[C@@H]1c1cccnc1)c1cc2ccccc2o1. The molecular weight excluding hydrogens is 410 g/mol. The van der Waals surface area contributed by atoms with Crippen LogP contribution in [0.2, 0.25) is 0 Å². The standard InChI is InChI=1S/C24H23N3O5/c28-22(19-14-16-4-1-2-6-18(16)32-19)20-21(17-5-3-7-25-15-17)27(24(30)23(20)29)9-8-26-10-12-31-13-11-26/h1-7,14-15,21,29H,8-13H2/t21-/m1/s1. The Hall–Kier alpha value is -3.49. The van der Waals surface area contributed by atoms with E-state index in [0.29, 0.717) is 37.4 Å². The number of morpholine rings is 1. The molecule has 2 aromatic heterocycles. The number of pyridine rings is 1. The number of ether oxygens (including phenoxy) is 1. The molecule has 4 heterocycles. The second-order valence-electron chi connectivity index (χ2n) is 7.88. The summed E-state index contributed by atoms with van der Waals surface area (Å²) in [7, 11) is 0. The molecule has 1 saturated heterocycles. The first-order valence-electron chi connectivity index (χ1n) is 10.6. The van der Waals surface area contributed by atoms with Crippen molar-refractivity contribution in [1.29, 1.82) is 0 Å². The molecule has 5 rings (SSSR count). The van der Waals surface area contributed by atoms with E-state index in [-0.39, 0.29) is 11.3 Å². The highest BCUT2D eigenvalue weighted by atomic mass is 16.5. The molecule has 8 nitrogen and oxygen atoms in total. The molecule has 0 spiro atoms. The minimum absolute atomic E-state index is 0.0176. The Labute approximate surface area is 184 Å². The van der Waals surface area contributed by atoms with Crippen LogP contribution in [0, 0.1) is 0 Å². The summed E-state index contributed by atoms with van der Waals surface area (Å²) in [5.74, 6) is -1.52. The minimum Gasteiger partial charge on any atom is -0.503 e. The second-order valence-corrected chi connectivity index (χ2v) is 7.88. The second kappa shape index (κ2) is 8.57. The monoisotopic (exact) mass is 433 g/mol. The van der Waals surface area contributed by atoms with Crippen molar-refractivity contribution in [2.24, 2.45) is 0 Å². The maximum Gasteiger partial charge on any atom is 0.290 e. The Kier molecular flexibility index (Phi) is 5.46. The fraction of sp³-hybridized carbons (Fsp3) is 0.292. The summed E-state index contributed by atoms with van der Waals surface area (Å²) >= 11 is 0. The third-order valence-corrected chi connectivity index (χ3v) is 5.96. The van der Waals surface area contributed by atoms with E-state index in [4.69, 9.17) is 9.15 Å². The van der Waals surface area contributed by atoms with Crippen molar-refractivity contribution in [1.82, 2.24) is 14.8 Å². The van der Waals surface area contributed by atoms with Crippen molar-refractivity contribution in [3.63, 3.8) is 0 Å². The van der Waals surface area contributed by atoms with Crippen LogP contribution in [-0.2, 0) is 9.53 Å². The number of para-hydroxylation sites is 1. The summed E-state index contributed by atoms with van der Waals surface area (Å²) in [6.45, 7) is 3.84. The molecule has 8 heteroatoms. The number of hydrogen-bond acceptors (Lipinski definition) is 7. The molecule has 0 bridgehead atoms. The van der Waals surface area contributed by atoms with Gasteiger partial charge in [0.1, 0.15) is 5.58 Å². The molecule has 3 aromatic rings. The van der Waals surface area contributed by atoms with Crippen LogP contribution in [-0.4, -0.2) is 71.0 Å². The molecule has 1 amide bonds. The van der Waals surface area contributed by atoms with Crippen LogP contribution in [0.5, 0.6) is 0 Å². The Balaban J connectivity index is 1.49. The van der Waals surface area contributed by atoms with Gasteiger partial charge in [0, 0.05) is 44.0 Å². The highest BCUT2D eigenvalue weighted by molar-refractivity contribution is 6.16. The summed E-state index contributed by atoms with van der Waals surface area (Å²) < 4.78 is 11.1. The first kappa shape index (κ1) is 20.4. The van der Waals surface area contributed by atoms with Gasteiger partial charge < -0.3 is 19.2 Å². The van der Waals surface area contributed by atoms with E-state index in [1.165, 1.54) is 4.90 Å². The molecular formula is C24H23N3O5. The Bertz CT molecular complexity index is 1150. The number of Topliss-reactive ketones (excluding diaryl/α,β-unsaturated/α-hetero) is 1. The van der Waals surface area contributed by atoms with Crippen LogP contribution in [0.1, 0.15) is 22.2 Å². The molecule has 2 aliphatic heterocycles. The van der Waals surface area contributed by atoms with Gasteiger partial charge in [0.25, 0.3) is 5.91 Å².